The van der Waals surface area contributed by atoms with E-state index in [1.165, 1.54) is 4.31 Å². The van der Waals surface area contributed by atoms with E-state index in [4.69, 9.17) is 9.47 Å². The number of amides is 1. The van der Waals surface area contributed by atoms with Crippen molar-refractivity contribution in [3.8, 4) is 11.5 Å². The summed E-state index contributed by atoms with van der Waals surface area (Å²) >= 11 is 0. The first-order valence-corrected chi connectivity index (χ1v) is 13.0. The number of carbonyl (C=O) groups excluding carboxylic acids is 1. The van der Waals surface area contributed by atoms with Gasteiger partial charge in [-0.25, -0.2) is 8.42 Å². The second-order valence-electron chi connectivity index (χ2n) is 8.54. The largest absolute Gasteiger partial charge is 0.493 e. The van der Waals surface area contributed by atoms with Crippen LogP contribution in [0.15, 0.2) is 83.8 Å². The fourth-order valence-corrected chi connectivity index (χ4v) is 5.95. The monoisotopic (exact) mass is 494 g/mol. The standard InChI is InChI=1S/C27H30N2O5S/c1-28(27(30)24-14-9-17-29(24)35(31,32)23-12-7-4-8-13-23)19-22-15-16-25(26(18-22)33-2)34-20-21-10-5-3-6-11-21/h3-8,10-13,15-16,18,24H,9,14,17,19-20H2,1-2H3/t24-/m0/s1. The summed E-state index contributed by atoms with van der Waals surface area (Å²) in [6, 6.07) is 23.0. The van der Waals surface area contributed by atoms with Crippen molar-refractivity contribution in [2.24, 2.45) is 0 Å². The topological polar surface area (TPSA) is 76.2 Å². The summed E-state index contributed by atoms with van der Waals surface area (Å²) in [6.45, 7) is 1.08. The molecule has 3 aromatic rings. The number of sulfonamides is 1. The molecule has 0 bridgehead atoms. The normalized spacial score (nSPS) is 16.1. The van der Waals surface area contributed by atoms with Gasteiger partial charge >= 0.3 is 0 Å². The minimum absolute atomic E-state index is 0.207. The Morgan fingerprint density at radius 2 is 1.66 bits per heavy atom. The predicted molar refractivity (Wildman–Crippen MR) is 134 cm³/mol. The molecular formula is C27H30N2O5S. The number of rotatable bonds is 9. The summed E-state index contributed by atoms with van der Waals surface area (Å²) in [5.41, 5.74) is 1.91. The van der Waals surface area contributed by atoms with Gasteiger partial charge in [0.05, 0.1) is 12.0 Å². The van der Waals surface area contributed by atoms with Crippen LogP contribution in [0, 0.1) is 0 Å². The van der Waals surface area contributed by atoms with Crippen LogP contribution < -0.4 is 9.47 Å². The van der Waals surface area contributed by atoms with Crippen LogP contribution >= 0.6 is 0 Å². The van der Waals surface area contributed by atoms with Gasteiger partial charge in [0.1, 0.15) is 12.6 Å². The van der Waals surface area contributed by atoms with Crippen molar-refractivity contribution in [1.82, 2.24) is 9.21 Å². The molecule has 1 aliphatic heterocycles. The molecule has 1 atom stereocenters. The number of hydrogen-bond donors (Lipinski definition) is 0. The summed E-state index contributed by atoms with van der Waals surface area (Å²) in [5, 5.41) is 0. The van der Waals surface area contributed by atoms with Crippen molar-refractivity contribution in [2.75, 3.05) is 20.7 Å². The molecule has 0 aliphatic carbocycles. The van der Waals surface area contributed by atoms with Gasteiger partial charge in [0.25, 0.3) is 0 Å². The number of nitrogens with zero attached hydrogens (tertiary/aromatic N) is 2. The van der Waals surface area contributed by atoms with Crippen molar-refractivity contribution >= 4 is 15.9 Å². The average molecular weight is 495 g/mol. The van der Waals surface area contributed by atoms with E-state index >= 15 is 0 Å². The van der Waals surface area contributed by atoms with E-state index in [2.05, 4.69) is 0 Å². The van der Waals surface area contributed by atoms with Crippen LogP contribution in [0.5, 0.6) is 11.5 Å². The van der Waals surface area contributed by atoms with E-state index in [1.807, 2.05) is 48.5 Å². The molecule has 1 heterocycles. The molecule has 4 rings (SSSR count). The van der Waals surface area contributed by atoms with E-state index in [0.29, 0.717) is 44.0 Å². The lowest BCUT2D eigenvalue weighted by Gasteiger charge is -2.27. The van der Waals surface area contributed by atoms with E-state index in [1.54, 1.807) is 49.4 Å². The Kier molecular flexibility index (Phi) is 7.73. The maximum Gasteiger partial charge on any atom is 0.243 e. The fourth-order valence-electron chi connectivity index (χ4n) is 4.27. The smallest absolute Gasteiger partial charge is 0.243 e. The third-order valence-electron chi connectivity index (χ3n) is 6.10. The Hall–Kier alpha value is -3.36. The molecule has 35 heavy (non-hydrogen) atoms. The first kappa shape index (κ1) is 24.8. The summed E-state index contributed by atoms with van der Waals surface area (Å²) in [5.74, 6) is 0.976. The molecular weight excluding hydrogens is 464 g/mol. The number of hydrogen-bond acceptors (Lipinski definition) is 5. The Morgan fingerprint density at radius 1 is 0.971 bits per heavy atom. The molecule has 1 aliphatic rings. The highest BCUT2D eigenvalue weighted by Gasteiger charge is 2.40. The lowest BCUT2D eigenvalue weighted by Crippen LogP contribution is -2.46. The van der Waals surface area contributed by atoms with Gasteiger partial charge in [-0.3, -0.25) is 4.79 Å². The number of carbonyl (C=O) groups is 1. The molecule has 0 N–H and O–H groups in total. The van der Waals surface area contributed by atoms with Crippen molar-refractivity contribution in [1.29, 1.82) is 0 Å². The predicted octanol–water partition coefficient (Wildman–Crippen LogP) is 4.09. The van der Waals surface area contributed by atoms with Crippen molar-refractivity contribution in [3.63, 3.8) is 0 Å². The van der Waals surface area contributed by atoms with Gasteiger partial charge in [0.15, 0.2) is 11.5 Å². The van der Waals surface area contributed by atoms with Gasteiger partial charge in [0.2, 0.25) is 15.9 Å². The van der Waals surface area contributed by atoms with Crippen molar-refractivity contribution < 1.29 is 22.7 Å². The number of likely N-dealkylation sites (N-methyl/N-ethyl adjacent to an activating group) is 1. The molecule has 1 fully saturated rings. The van der Waals surface area contributed by atoms with Crippen LogP contribution in [0.25, 0.3) is 0 Å². The van der Waals surface area contributed by atoms with Gasteiger partial charge in [-0.05, 0) is 48.2 Å². The zero-order chi connectivity index (χ0) is 24.8. The highest BCUT2D eigenvalue weighted by Crippen LogP contribution is 2.30. The third kappa shape index (κ3) is 5.66. The summed E-state index contributed by atoms with van der Waals surface area (Å²) in [7, 11) is -0.463. The van der Waals surface area contributed by atoms with E-state index in [9.17, 15) is 13.2 Å². The summed E-state index contributed by atoms with van der Waals surface area (Å²) < 4.78 is 39.0. The average Bonchev–Trinajstić information content (AvgIpc) is 3.39. The molecule has 0 unspecified atom stereocenters. The van der Waals surface area contributed by atoms with Crippen LogP contribution in [0.3, 0.4) is 0 Å². The molecule has 8 heteroatoms. The second-order valence-corrected chi connectivity index (χ2v) is 10.4. The summed E-state index contributed by atoms with van der Waals surface area (Å²) in [4.78, 5) is 15.1. The number of benzene rings is 3. The zero-order valence-corrected chi connectivity index (χ0v) is 20.8. The Bertz CT molecular complexity index is 1250. The highest BCUT2D eigenvalue weighted by atomic mass is 32.2. The van der Waals surface area contributed by atoms with E-state index in [-0.39, 0.29) is 10.8 Å². The second kappa shape index (κ2) is 10.9. The molecule has 1 saturated heterocycles. The first-order valence-electron chi connectivity index (χ1n) is 11.6. The molecule has 0 spiro atoms. The minimum atomic E-state index is -3.74. The van der Waals surface area contributed by atoms with E-state index in [0.717, 1.165) is 11.1 Å². The molecule has 7 nitrogen and oxygen atoms in total. The van der Waals surface area contributed by atoms with Gasteiger partial charge in [-0.1, -0.05) is 54.6 Å². The quantitative estimate of drug-likeness (QED) is 0.448. The number of ether oxygens (including phenoxy) is 2. The lowest BCUT2D eigenvalue weighted by molar-refractivity contribution is -0.133. The molecule has 0 saturated carbocycles. The van der Waals surface area contributed by atoms with Gasteiger partial charge in [-0.15, -0.1) is 0 Å². The molecule has 1 amide bonds. The van der Waals surface area contributed by atoms with Crippen LogP contribution in [-0.4, -0.2) is 50.3 Å². The van der Waals surface area contributed by atoms with Crippen LogP contribution in [0.4, 0.5) is 0 Å². The Labute approximate surface area is 206 Å². The zero-order valence-electron chi connectivity index (χ0n) is 20.0. The van der Waals surface area contributed by atoms with E-state index < -0.39 is 16.1 Å². The Morgan fingerprint density at radius 3 is 2.34 bits per heavy atom. The van der Waals surface area contributed by atoms with Crippen LogP contribution in [0.1, 0.15) is 24.0 Å². The Balaban J connectivity index is 1.44. The third-order valence-corrected chi connectivity index (χ3v) is 8.02. The van der Waals surface area contributed by atoms with Crippen LogP contribution in [0.2, 0.25) is 0 Å². The SMILES string of the molecule is COc1cc(CN(C)C(=O)[C@@H]2CCCN2S(=O)(=O)c2ccccc2)ccc1OCc1ccccc1. The molecule has 3 aromatic carbocycles. The molecule has 0 radical (unpaired) electrons. The fraction of sp³-hybridized carbons (Fsp3) is 0.296. The summed E-state index contributed by atoms with van der Waals surface area (Å²) in [6.07, 6.45) is 1.16. The maximum atomic E-state index is 13.3. The first-order chi connectivity index (χ1) is 16.9. The van der Waals surface area contributed by atoms with Crippen LogP contribution in [-0.2, 0) is 28.0 Å². The lowest BCUT2D eigenvalue weighted by atomic mass is 10.1. The minimum Gasteiger partial charge on any atom is -0.493 e. The highest BCUT2D eigenvalue weighted by molar-refractivity contribution is 7.89. The van der Waals surface area contributed by atoms with Crippen molar-refractivity contribution in [3.05, 3.63) is 90.0 Å². The molecule has 0 aromatic heterocycles. The van der Waals surface area contributed by atoms with Gasteiger partial charge in [0, 0.05) is 20.1 Å². The maximum absolute atomic E-state index is 13.3. The van der Waals surface area contributed by atoms with Gasteiger partial charge < -0.3 is 14.4 Å². The van der Waals surface area contributed by atoms with Crippen molar-refractivity contribution in [2.45, 2.75) is 36.9 Å². The molecule has 184 valence electrons. The number of methoxy groups -OCH3 is 1. The van der Waals surface area contributed by atoms with Gasteiger partial charge in [-0.2, -0.15) is 4.31 Å².